The minimum Gasteiger partial charge on any atom is -0.453 e. The third kappa shape index (κ3) is 3.27. The minimum atomic E-state index is -0.469. The van der Waals surface area contributed by atoms with Crippen molar-refractivity contribution in [2.75, 3.05) is 0 Å². The zero-order valence-corrected chi connectivity index (χ0v) is 16.4. The number of ether oxygens (including phenoxy) is 1. The Balaban J connectivity index is 2.06. The molecular weight excluding hydrogens is 496 g/mol. The fourth-order valence-corrected chi connectivity index (χ4v) is 4.18. The summed E-state index contributed by atoms with van der Waals surface area (Å²) in [5.74, 6) is -0.0154. The number of halogens is 3. The summed E-state index contributed by atoms with van der Waals surface area (Å²) in [7, 11) is 1.46. The van der Waals surface area contributed by atoms with Gasteiger partial charge in [0, 0.05) is 53.5 Å². The van der Waals surface area contributed by atoms with Crippen LogP contribution in [0.1, 0.15) is 17.3 Å². The monoisotopic (exact) mass is 505 g/mol. The molecule has 0 N–H and O–H groups in total. The Kier molecular flexibility index (Phi) is 4.98. The molecule has 23 heavy (non-hydrogen) atoms. The molecule has 0 atom stereocenters. The Bertz CT molecular complexity index is 912. The SMILES string of the molecule is CC(=O)c1cccc(Oc2c(F)cc3c(ccn3SI)c2Br)c1. The van der Waals surface area contributed by atoms with Crippen LogP contribution < -0.4 is 4.74 Å². The summed E-state index contributed by atoms with van der Waals surface area (Å²) in [6.45, 7) is 1.48. The fraction of sp³-hybridized carbons (Fsp3) is 0.0625. The molecule has 7 heteroatoms. The second-order valence-electron chi connectivity index (χ2n) is 4.83. The molecule has 0 radical (unpaired) electrons. The standard InChI is InChI=1S/C16H10BrFINO2S/c1-9(21)10-3-2-4-11(7-10)22-16-13(18)8-14-12(15(16)17)5-6-20(14)23-19/h2-8H,1H3. The Morgan fingerprint density at radius 3 is 2.83 bits per heavy atom. The van der Waals surface area contributed by atoms with E-state index >= 15 is 0 Å². The highest BCUT2D eigenvalue weighted by Crippen LogP contribution is 2.40. The van der Waals surface area contributed by atoms with Gasteiger partial charge in [-0.3, -0.25) is 8.77 Å². The van der Waals surface area contributed by atoms with Gasteiger partial charge in [-0.2, -0.15) is 0 Å². The van der Waals surface area contributed by atoms with E-state index in [1.807, 2.05) is 16.2 Å². The Hall–Kier alpha value is -1.06. The number of carbonyl (C=O) groups excluding carboxylic acids is 1. The zero-order chi connectivity index (χ0) is 16.6. The summed E-state index contributed by atoms with van der Waals surface area (Å²) < 4.78 is 22.6. The minimum absolute atomic E-state index is 0.0680. The van der Waals surface area contributed by atoms with Gasteiger partial charge in [0.2, 0.25) is 0 Å². The van der Waals surface area contributed by atoms with Crippen LogP contribution in [0, 0.1) is 5.82 Å². The molecule has 3 rings (SSSR count). The van der Waals surface area contributed by atoms with E-state index in [0.717, 1.165) is 10.9 Å². The van der Waals surface area contributed by atoms with Crippen molar-refractivity contribution in [1.29, 1.82) is 0 Å². The second-order valence-corrected chi connectivity index (χ2v) is 7.34. The molecule has 3 aromatic rings. The molecule has 1 aromatic heterocycles. The number of rotatable bonds is 4. The predicted octanol–water partition coefficient (Wildman–Crippen LogP) is 6.38. The normalized spacial score (nSPS) is 11.0. The van der Waals surface area contributed by atoms with E-state index < -0.39 is 5.82 Å². The van der Waals surface area contributed by atoms with Gasteiger partial charge in [0.05, 0.1) is 9.99 Å². The largest absolute Gasteiger partial charge is 0.453 e. The maximum atomic E-state index is 14.5. The lowest BCUT2D eigenvalue weighted by Crippen LogP contribution is -1.95. The van der Waals surface area contributed by atoms with Crippen LogP contribution in [0.2, 0.25) is 0 Å². The molecule has 0 aliphatic heterocycles. The zero-order valence-electron chi connectivity index (χ0n) is 11.8. The molecule has 0 fully saturated rings. The van der Waals surface area contributed by atoms with Crippen molar-refractivity contribution in [2.24, 2.45) is 0 Å². The average Bonchev–Trinajstić information content (AvgIpc) is 2.94. The summed E-state index contributed by atoms with van der Waals surface area (Å²) in [5.41, 5.74) is 1.28. The van der Waals surface area contributed by atoms with Crippen molar-refractivity contribution in [3.63, 3.8) is 0 Å². The molecule has 118 valence electrons. The van der Waals surface area contributed by atoms with E-state index in [1.54, 1.807) is 24.3 Å². The Morgan fingerprint density at radius 1 is 1.35 bits per heavy atom. The van der Waals surface area contributed by atoms with Crippen molar-refractivity contribution < 1.29 is 13.9 Å². The van der Waals surface area contributed by atoms with Gasteiger partial charge >= 0.3 is 0 Å². The highest BCUT2D eigenvalue weighted by molar-refractivity contribution is 14.2. The smallest absolute Gasteiger partial charge is 0.177 e. The van der Waals surface area contributed by atoms with Crippen LogP contribution in [0.25, 0.3) is 10.9 Å². The summed E-state index contributed by atoms with van der Waals surface area (Å²) >= 11 is 5.56. The summed E-state index contributed by atoms with van der Waals surface area (Å²) in [4.78, 5) is 11.4. The first-order valence-electron chi connectivity index (χ1n) is 6.58. The van der Waals surface area contributed by atoms with Crippen molar-refractivity contribution >= 4 is 62.9 Å². The molecule has 0 saturated heterocycles. The molecule has 0 spiro atoms. The number of nitrogens with zero attached hydrogens (tertiary/aromatic N) is 1. The average molecular weight is 506 g/mol. The van der Waals surface area contributed by atoms with Gasteiger partial charge in [0.15, 0.2) is 17.3 Å². The van der Waals surface area contributed by atoms with Gasteiger partial charge in [-0.05, 0) is 41.1 Å². The van der Waals surface area contributed by atoms with Crippen LogP contribution in [0.3, 0.4) is 0 Å². The molecule has 0 saturated carbocycles. The number of aromatic nitrogens is 1. The topological polar surface area (TPSA) is 31.2 Å². The van der Waals surface area contributed by atoms with Crippen LogP contribution in [0.5, 0.6) is 11.5 Å². The van der Waals surface area contributed by atoms with E-state index in [-0.39, 0.29) is 11.5 Å². The molecule has 0 aliphatic carbocycles. The van der Waals surface area contributed by atoms with Crippen LogP contribution in [0.15, 0.2) is 47.1 Å². The maximum absolute atomic E-state index is 14.5. The number of benzene rings is 2. The summed E-state index contributed by atoms with van der Waals surface area (Å²) in [6, 6.07) is 10.0. The number of hydrogen-bond acceptors (Lipinski definition) is 3. The molecule has 1 heterocycles. The number of Topliss-reactive ketones (excluding diaryl/α,β-unsaturated/α-hetero) is 1. The van der Waals surface area contributed by atoms with E-state index in [4.69, 9.17) is 4.74 Å². The summed E-state index contributed by atoms with van der Waals surface area (Å²) in [6.07, 6.45) is 1.87. The Labute approximate surface area is 157 Å². The van der Waals surface area contributed by atoms with Gasteiger partial charge in [0.1, 0.15) is 5.75 Å². The second kappa shape index (κ2) is 6.82. The highest BCUT2D eigenvalue weighted by atomic mass is 127. The van der Waals surface area contributed by atoms with Gasteiger partial charge < -0.3 is 4.74 Å². The van der Waals surface area contributed by atoms with E-state index in [1.165, 1.54) is 22.1 Å². The van der Waals surface area contributed by atoms with Crippen molar-refractivity contribution in [3.8, 4) is 11.5 Å². The number of hydrogen-bond donors (Lipinski definition) is 0. The van der Waals surface area contributed by atoms with Gasteiger partial charge in [-0.1, -0.05) is 12.1 Å². The predicted molar refractivity (Wildman–Crippen MR) is 103 cm³/mol. The first-order valence-corrected chi connectivity index (χ1v) is 10.7. The quantitative estimate of drug-likeness (QED) is 0.304. The molecule has 0 amide bonds. The third-order valence-corrected chi connectivity index (χ3v) is 5.87. The first-order chi connectivity index (χ1) is 11.0. The number of ketones is 1. The lowest BCUT2D eigenvalue weighted by atomic mass is 10.1. The molecule has 0 aliphatic rings. The van der Waals surface area contributed by atoms with Crippen LogP contribution >= 0.6 is 46.3 Å². The van der Waals surface area contributed by atoms with E-state index in [0.29, 0.717) is 15.8 Å². The fourth-order valence-electron chi connectivity index (χ4n) is 2.22. The Morgan fingerprint density at radius 2 is 2.13 bits per heavy atom. The van der Waals surface area contributed by atoms with Crippen molar-refractivity contribution in [3.05, 3.63) is 58.4 Å². The van der Waals surface area contributed by atoms with Crippen molar-refractivity contribution in [2.45, 2.75) is 6.92 Å². The molecule has 0 bridgehead atoms. The van der Waals surface area contributed by atoms with Gasteiger partial charge in [-0.25, -0.2) is 4.39 Å². The van der Waals surface area contributed by atoms with Crippen LogP contribution in [-0.2, 0) is 0 Å². The summed E-state index contributed by atoms with van der Waals surface area (Å²) in [5, 5.41) is 0.855. The number of carbonyl (C=O) groups is 1. The van der Waals surface area contributed by atoms with Gasteiger partial charge in [-0.15, -0.1) is 0 Å². The third-order valence-electron chi connectivity index (χ3n) is 3.34. The van der Waals surface area contributed by atoms with Gasteiger partial charge in [0.25, 0.3) is 0 Å². The molecule has 2 aromatic carbocycles. The van der Waals surface area contributed by atoms with Crippen molar-refractivity contribution in [1.82, 2.24) is 3.97 Å². The van der Waals surface area contributed by atoms with Crippen LogP contribution in [-0.4, -0.2) is 9.76 Å². The highest BCUT2D eigenvalue weighted by Gasteiger charge is 2.17. The van der Waals surface area contributed by atoms with E-state index in [9.17, 15) is 9.18 Å². The van der Waals surface area contributed by atoms with E-state index in [2.05, 4.69) is 37.1 Å². The van der Waals surface area contributed by atoms with Crippen LogP contribution in [0.4, 0.5) is 4.39 Å². The maximum Gasteiger partial charge on any atom is 0.177 e. The lowest BCUT2D eigenvalue weighted by molar-refractivity contribution is 0.101. The number of fused-ring (bicyclic) bond motifs is 1. The first kappa shape index (κ1) is 16.8. The molecule has 0 unspecified atom stereocenters. The molecular formula is C16H10BrFINO2S. The lowest BCUT2D eigenvalue weighted by Gasteiger charge is -2.11. The molecule has 3 nitrogen and oxygen atoms in total.